The molecule has 1 heterocycles. The molecule has 162 valence electrons. The molecule has 1 N–H and O–H groups in total. The van der Waals surface area contributed by atoms with E-state index in [0.717, 1.165) is 35.2 Å². The normalized spacial score (nSPS) is 18.5. The van der Waals surface area contributed by atoms with E-state index in [2.05, 4.69) is 5.32 Å². The van der Waals surface area contributed by atoms with E-state index in [0.29, 0.717) is 41.3 Å². The van der Waals surface area contributed by atoms with Crippen molar-refractivity contribution in [2.24, 2.45) is 0 Å². The second kappa shape index (κ2) is 9.28. The van der Waals surface area contributed by atoms with Crippen molar-refractivity contribution in [3.8, 4) is 11.5 Å². The molecule has 1 unspecified atom stereocenters. The van der Waals surface area contributed by atoms with Crippen molar-refractivity contribution in [2.45, 2.75) is 38.8 Å². The molecule has 4 rings (SSSR count). The van der Waals surface area contributed by atoms with Gasteiger partial charge in [-0.25, -0.2) is 0 Å². The number of allylic oxidation sites excluding steroid dienone is 1. The molecule has 0 radical (unpaired) electrons. The number of carbonyl (C=O) groups excluding carboxylic acids is 1. The average Bonchev–Trinajstić information content (AvgIpc) is 2.77. The molecule has 0 fully saturated rings. The summed E-state index contributed by atoms with van der Waals surface area (Å²) in [5, 5.41) is 4.65. The number of carbonyl (C=O) groups is 1. The molecular weight excluding hydrogens is 432 g/mol. The Morgan fingerprint density at radius 3 is 2.65 bits per heavy atom. The number of hydrogen-bond donors (Lipinski definition) is 1. The standard InChI is InChI=1S/C24H25ClN2O3S/c1-3-29-21-13-16(9-12-20(21)30-14-15-7-10-17(25)11-8-15)23-22-18(5-4-6-19(22)28)27(2)24(31)26-23/h7-13,23H,3-6,14H2,1-2H3,(H,26,31). The summed E-state index contributed by atoms with van der Waals surface area (Å²) in [5.41, 5.74) is 3.77. The lowest BCUT2D eigenvalue weighted by Gasteiger charge is -2.39. The number of nitrogens with one attached hydrogen (secondary N) is 1. The summed E-state index contributed by atoms with van der Waals surface area (Å²) >= 11 is 11.5. The zero-order valence-electron chi connectivity index (χ0n) is 17.6. The van der Waals surface area contributed by atoms with Gasteiger partial charge in [-0.05, 0) is 67.4 Å². The lowest BCUT2D eigenvalue weighted by Crippen LogP contribution is -2.47. The van der Waals surface area contributed by atoms with Crippen LogP contribution in [0.5, 0.6) is 11.5 Å². The Bertz CT molecular complexity index is 1040. The highest BCUT2D eigenvalue weighted by molar-refractivity contribution is 7.80. The first-order valence-corrected chi connectivity index (χ1v) is 11.2. The van der Waals surface area contributed by atoms with Gasteiger partial charge in [-0.3, -0.25) is 4.79 Å². The van der Waals surface area contributed by atoms with Crippen LogP contribution in [0, 0.1) is 0 Å². The number of rotatable bonds is 6. The van der Waals surface area contributed by atoms with Gasteiger partial charge in [0.05, 0.1) is 12.6 Å². The first-order valence-electron chi connectivity index (χ1n) is 10.4. The van der Waals surface area contributed by atoms with Gasteiger partial charge in [-0.1, -0.05) is 29.8 Å². The van der Waals surface area contributed by atoms with E-state index < -0.39 is 0 Å². The Hall–Kier alpha value is -2.57. The fourth-order valence-electron chi connectivity index (χ4n) is 4.02. The molecular formula is C24H25ClN2O3S. The number of ketones is 1. The predicted molar refractivity (Wildman–Crippen MR) is 126 cm³/mol. The van der Waals surface area contributed by atoms with Crippen molar-refractivity contribution < 1.29 is 14.3 Å². The number of halogens is 1. The summed E-state index contributed by atoms with van der Waals surface area (Å²) < 4.78 is 11.9. The lowest BCUT2D eigenvalue weighted by molar-refractivity contribution is -0.116. The van der Waals surface area contributed by atoms with Gasteiger partial charge in [0.15, 0.2) is 22.4 Å². The molecule has 2 aliphatic rings. The van der Waals surface area contributed by atoms with Crippen LogP contribution in [0.4, 0.5) is 0 Å². The maximum atomic E-state index is 12.8. The number of benzene rings is 2. The molecule has 0 bridgehead atoms. The topological polar surface area (TPSA) is 50.8 Å². The van der Waals surface area contributed by atoms with Crippen LogP contribution in [-0.4, -0.2) is 29.5 Å². The average molecular weight is 457 g/mol. The van der Waals surface area contributed by atoms with Crippen LogP contribution in [0.2, 0.25) is 5.02 Å². The first kappa shape index (κ1) is 21.7. The Balaban J connectivity index is 1.63. The quantitative estimate of drug-likeness (QED) is 0.604. The van der Waals surface area contributed by atoms with Crippen LogP contribution < -0.4 is 14.8 Å². The third kappa shape index (κ3) is 4.55. The van der Waals surface area contributed by atoms with Crippen molar-refractivity contribution in [1.82, 2.24) is 10.2 Å². The Labute approximate surface area is 193 Å². The van der Waals surface area contributed by atoms with Crippen LogP contribution in [-0.2, 0) is 11.4 Å². The van der Waals surface area contributed by atoms with E-state index in [9.17, 15) is 4.79 Å². The van der Waals surface area contributed by atoms with Crippen LogP contribution in [0.1, 0.15) is 43.4 Å². The third-order valence-corrected chi connectivity index (χ3v) is 6.25. The SMILES string of the molecule is CCOc1cc(C2NC(=S)N(C)C3=C2C(=O)CCC3)ccc1OCc1ccc(Cl)cc1. The van der Waals surface area contributed by atoms with E-state index >= 15 is 0 Å². The summed E-state index contributed by atoms with van der Waals surface area (Å²) in [7, 11) is 1.92. The summed E-state index contributed by atoms with van der Waals surface area (Å²) in [6, 6.07) is 13.1. The molecule has 0 amide bonds. The van der Waals surface area contributed by atoms with E-state index in [-0.39, 0.29) is 11.8 Å². The van der Waals surface area contributed by atoms with Crippen LogP contribution >= 0.6 is 23.8 Å². The second-order valence-electron chi connectivity index (χ2n) is 7.63. The fourth-order valence-corrected chi connectivity index (χ4v) is 4.38. The monoisotopic (exact) mass is 456 g/mol. The molecule has 1 aliphatic carbocycles. The Kier molecular flexibility index (Phi) is 6.49. The number of ether oxygens (including phenoxy) is 2. The van der Waals surface area contributed by atoms with Gasteiger partial charge in [0.1, 0.15) is 6.61 Å². The van der Waals surface area contributed by atoms with Crippen LogP contribution in [0.15, 0.2) is 53.7 Å². The summed E-state index contributed by atoms with van der Waals surface area (Å²) in [6.45, 7) is 2.84. The molecule has 1 atom stereocenters. The van der Waals surface area contributed by atoms with Gasteiger partial charge < -0.3 is 19.7 Å². The van der Waals surface area contributed by atoms with E-state index in [1.807, 2.05) is 61.3 Å². The minimum Gasteiger partial charge on any atom is -0.490 e. The molecule has 31 heavy (non-hydrogen) atoms. The van der Waals surface area contributed by atoms with E-state index in [1.54, 1.807) is 0 Å². The molecule has 0 saturated carbocycles. The lowest BCUT2D eigenvalue weighted by atomic mass is 9.85. The number of nitrogens with zero attached hydrogens (tertiary/aromatic N) is 1. The van der Waals surface area contributed by atoms with Gasteiger partial charge in [-0.2, -0.15) is 0 Å². The molecule has 0 spiro atoms. The largest absolute Gasteiger partial charge is 0.490 e. The zero-order valence-corrected chi connectivity index (χ0v) is 19.2. The first-order chi connectivity index (χ1) is 15.0. The second-order valence-corrected chi connectivity index (χ2v) is 8.46. The van der Waals surface area contributed by atoms with Gasteiger partial charge >= 0.3 is 0 Å². The number of hydrogen-bond acceptors (Lipinski definition) is 4. The van der Waals surface area contributed by atoms with Crippen LogP contribution in [0.25, 0.3) is 0 Å². The fraction of sp³-hybridized carbons (Fsp3) is 0.333. The maximum Gasteiger partial charge on any atom is 0.173 e. The smallest absolute Gasteiger partial charge is 0.173 e. The molecule has 7 heteroatoms. The zero-order chi connectivity index (χ0) is 22.0. The number of thiocarbonyl (C=S) groups is 1. The van der Waals surface area contributed by atoms with Gasteiger partial charge in [0, 0.05) is 29.8 Å². The summed E-state index contributed by atoms with van der Waals surface area (Å²) in [6.07, 6.45) is 2.29. The molecule has 2 aromatic rings. The maximum absolute atomic E-state index is 12.8. The minimum atomic E-state index is -0.281. The van der Waals surface area contributed by atoms with Gasteiger partial charge in [0.2, 0.25) is 0 Å². The third-order valence-electron chi connectivity index (χ3n) is 5.60. The predicted octanol–water partition coefficient (Wildman–Crippen LogP) is 5.19. The molecule has 1 aliphatic heterocycles. The van der Waals surface area contributed by atoms with E-state index in [1.165, 1.54) is 0 Å². The van der Waals surface area contributed by atoms with Gasteiger partial charge in [0.25, 0.3) is 0 Å². The van der Waals surface area contributed by atoms with Gasteiger partial charge in [-0.15, -0.1) is 0 Å². The molecule has 2 aromatic carbocycles. The van der Waals surface area contributed by atoms with Crippen molar-refractivity contribution in [3.05, 3.63) is 69.9 Å². The highest BCUT2D eigenvalue weighted by Crippen LogP contribution is 2.39. The van der Waals surface area contributed by atoms with Crippen LogP contribution in [0.3, 0.4) is 0 Å². The van der Waals surface area contributed by atoms with Crippen molar-refractivity contribution in [1.29, 1.82) is 0 Å². The molecule has 5 nitrogen and oxygen atoms in total. The summed E-state index contributed by atoms with van der Waals surface area (Å²) in [5.74, 6) is 1.47. The van der Waals surface area contributed by atoms with Crippen molar-refractivity contribution >= 4 is 34.7 Å². The van der Waals surface area contributed by atoms with Crippen molar-refractivity contribution in [2.75, 3.05) is 13.7 Å². The highest BCUT2D eigenvalue weighted by Gasteiger charge is 2.36. The Morgan fingerprint density at radius 2 is 1.90 bits per heavy atom. The summed E-state index contributed by atoms with van der Waals surface area (Å²) in [4.78, 5) is 14.7. The highest BCUT2D eigenvalue weighted by atomic mass is 35.5. The van der Waals surface area contributed by atoms with Crippen molar-refractivity contribution in [3.63, 3.8) is 0 Å². The minimum absolute atomic E-state index is 0.175. The molecule has 0 aromatic heterocycles. The Morgan fingerprint density at radius 1 is 1.13 bits per heavy atom. The molecule has 0 saturated heterocycles. The van der Waals surface area contributed by atoms with E-state index in [4.69, 9.17) is 33.3 Å². The number of Topliss-reactive ketones (excluding diaryl/α,β-unsaturated/α-hetero) is 1.